The molecule has 2 nitrogen and oxygen atoms in total. The van der Waals surface area contributed by atoms with E-state index in [1.54, 1.807) is 24.0 Å². The Bertz CT molecular complexity index is 440. The Morgan fingerprint density at radius 2 is 2.19 bits per heavy atom. The third kappa shape index (κ3) is 2.13. The van der Waals surface area contributed by atoms with Gasteiger partial charge in [-0.15, -0.1) is 0 Å². The van der Waals surface area contributed by atoms with Gasteiger partial charge in [-0.1, -0.05) is 18.2 Å². The molecule has 1 aromatic rings. The highest BCUT2D eigenvalue weighted by atomic mass is 19.1. The topological polar surface area (TPSA) is 20.3 Å². The van der Waals surface area contributed by atoms with Crippen LogP contribution in [0.5, 0.6) is 0 Å². The first-order chi connectivity index (χ1) is 7.68. The van der Waals surface area contributed by atoms with Crippen molar-refractivity contribution in [1.82, 2.24) is 4.90 Å². The lowest BCUT2D eigenvalue weighted by Crippen LogP contribution is -2.34. The first-order valence-corrected chi connectivity index (χ1v) is 5.39. The molecule has 0 N–H and O–H groups in total. The van der Waals surface area contributed by atoms with Crippen LogP contribution in [0.1, 0.15) is 22.3 Å². The van der Waals surface area contributed by atoms with Crippen LogP contribution in [-0.4, -0.2) is 23.9 Å². The Kier molecular flexibility index (Phi) is 3.04. The number of amides is 1. The van der Waals surface area contributed by atoms with E-state index in [4.69, 9.17) is 0 Å². The third-order valence-corrected chi connectivity index (χ3v) is 2.70. The molecule has 0 atom stereocenters. The molecule has 1 aromatic carbocycles. The van der Waals surface area contributed by atoms with Crippen LogP contribution in [-0.2, 0) is 0 Å². The molecule has 0 fully saturated rings. The number of benzene rings is 1. The van der Waals surface area contributed by atoms with Crippen molar-refractivity contribution in [2.75, 3.05) is 13.1 Å². The van der Waals surface area contributed by atoms with Crippen LogP contribution in [0.4, 0.5) is 4.39 Å². The number of hydrogen-bond acceptors (Lipinski definition) is 1. The fourth-order valence-electron chi connectivity index (χ4n) is 1.79. The molecule has 84 valence electrons. The van der Waals surface area contributed by atoms with Gasteiger partial charge in [-0.2, -0.15) is 0 Å². The molecule has 1 aliphatic heterocycles. The minimum Gasteiger partial charge on any atom is -0.335 e. The number of carbonyl (C=O) groups is 1. The number of halogens is 1. The van der Waals surface area contributed by atoms with Gasteiger partial charge >= 0.3 is 0 Å². The number of carbonyl (C=O) groups excluding carboxylic acids is 1. The van der Waals surface area contributed by atoms with Crippen molar-refractivity contribution in [1.29, 1.82) is 0 Å². The van der Waals surface area contributed by atoms with E-state index < -0.39 is 5.82 Å². The lowest BCUT2D eigenvalue weighted by atomic mass is 10.1. The van der Waals surface area contributed by atoms with Gasteiger partial charge in [0.25, 0.3) is 5.91 Å². The Morgan fingerprint density at radius 3 is 2.81 bits per heavy atom. The lowest BCUT2D eigenvalue weighted by Gasteiger charge is -2.23. The monoisotopic (exact) mass is 219 g/mol. The van der Waals surface area contributed by atoms with Gasteiger partial charge < -0.3 is 4.90 Å². The molecule has 0 spiro atoms. The summed E-state index contributed by atoms with van der Waals surface area (Å²) in [6.45, 7) is 3.05. The normalized spacial score (nSPS) is 15.2. The van der Waals surface area contributed by atoms with E-state index in [2.05, 4.69) is 0 Å². The Morgan fingerprint density at radius 1 is 1.38 bits per heavy atom. The SMILES string of the molecule is Cc1ccc(C(=O)N2CC=CCC2)c(F)c1. The molecular weight excluding hydrogens is 205 g/mol. The summed E-state index contributed by atoms with van der Waals surface area (Å²) in [6.07, 6.45) is 4.82. The van der Waals surface area contributed by atoms with Gasteiger partial charge in [0, 0.05) is 13.1 Å². The summed E-state index contributed by atoms with van der Waals surface area (Å²) in [4.78, 5) is 13.6. The van der Waals surface area contributed by atoms with E-state index >= 15 is 0 Å². The van der Waals surface area contributed by atoms with Crippen LogP contribution in [0, 0.1) is 12.7 Å². The number of rotatable bonds is 1. The predicted octanol–water partition coefficient (Wildman–Crippen LogP) is 2.54. The highest BCUT2D eigenvalue weighted by molar-refractivity contribution is 5.94. The maximum atomic E-state index is 13.6. The zero-order valence-electron chi connectivity index (χ0n) is 9.24. The molecule has 0 saturated carbocycles. The van der Waals surface area contributed by atoms with Gasteiger partial charge in [-0.3, -0.25) is 4.79 Å². The standard InChI is InChI=1S/C13H14FNO/c1-10-5-6-11(12(14)9-10)13(16)15-7-3-2-4-8-15/h2-3,5-6,9H,4,7-8H2,1H3. The molecule has 1 aliphatic rings. The summed E-state index contributed by atoms with van der Waals surface area (Å²) in [5.74, 6) is -0.651. The quantitative estimate of drug-likeness (QED) is 0.665. The molecule has 0 bridgehead atoms. The van der Waals surface area contributed by atoms with E-state index in [0.717, 1.165) is 12.0 Å². The molecule has 16 heavy (non-hydrogen) atoms. The van der Waals surface area contributed by atoms with E-state index in [1.807, 2.05) is 12.2 Å². The van der Waals surface area contributed by atoms with Gasteiger partial charge in [0.1, 0.15) is 5.82 Å². The van der Waals surface area contributed by atoms with Gasteiger partial charge in [-0.05, 0) is 31.0 Å². The smallest absolute Gasteiger partial charge is 0.257 e. The summed E-state index contributed by atoms with van der Waals surface area (Å²) >= 11 is 0. The molecule has 0 aromatic heterocycles. The first kappa shape index (κ1) is 10.9. The minimum absolute atomic E-state index is 0.168. The van der Waals surface area contributed by atoms with Crippen molar-refractivity contribution < 1.29 is 9.18 Å². The second-order valence-electron chi connectivity index (χ2n) is 3.99. The molecule has 0 unspecified atom stereocenters. The highest BCUT2D eigenvalue weighted by Crippen LogP contribution is 2.14. The summed E-state index contributed by atoms with van der Waals surface area (Å²) in [6, 6.07) is 4.72. The summed E-state index contributed by atoms with van der Waals surface area (Å²) in [5.41, 5.74) is 0.994. The summed E-state index contributed by atoms with van der Waals surface area (Å²) in [5, 5.41) is 0. The molecular formula is C13H14FNO. The largest absolute Gasteiger partial charge is 0.335 e. The predicted molar refractivity (Wildman–Crippen MR) is 60.8 cm³/mol. The first-order valence-electron chi connectivity index (χ1n) is 5.39. The molecule has 3 heteroatoms. The molecule has 2 rings (SSSR count). The minimum atomic E-state index is -0.431. The number of nitrogens with zero attached hydrogens (tertiary/aromatic N) is 1. The van der Waals surface area contributed by atoms with Gasteiger partial charge in [0.05, 0.1) is 5.56 Å². The number of aryl methyl sites for hydroxylation is 1. The Labute approximate surface area is 94.4 Å². The Balaban J connectivity index is 2.23. The van der Waals surface area contributed by atoms with Crippen molar-refractivity contribution >= 4 is 5.91 Å². The van der Waals surface area contributed by atoms with E-state index in [0.29, 0.717) is 13.1 Å². The zero-order chi connectivity index (χ0) is 11.5. The van der Waals surface area contributed by atoms with Crippen molar-refractivity contribution in [2.24, 2.45) is 0 Å². The van der Waals surface area contributed by atoms with Gasteiger partial charge in [0.2, 0.25) is 0 Å². The van der Waals surface area contributed by atoms with Crippen LogP contribution < -0.4 is 0 Å². The fourth-order valence-corrected chi connectivity index (χ4v) is 1.79. The third-order valence-electron chi connectivity index (χ3n) is 2.70. The van der Waals surface area contributed by atoms with Crippen molar-refractivity contribution in [3.63, 3.8) is 0 Å². The van der Waals surface area contributed by atoms with Gasteiger partial charge in [-0.25, -0.2) is 4.39 Å². The van der Waals surface area contributed by atoms with Gasteiger partial charge in [0.15, 0.2) is 0 Å². The summed E-state index contributed by atoms with van der Waals surface area (Å²) in [7, 11) is 0. The van der Waals surface area contributed by atoms with Crippen LogP contribution >= 0.6 is 0 Å². The van der Waals surface area contributed by atoms with Crippen LogP contribution in [0.2, 0.25) is 0 Å². The molecule has 0 aliphatic carbocycles. The maximum absolute atomic E-state index is 13.6. The second kappa shape index (κ2) is 4.47. The zero-order valence-corrected chi connectivity index (χ0v) is 9.24. The summed E-state index contributed by atoms with van der Waals surface area (Å²) < 4.78 is 13.6. The van der Waals surface area contributed by atoms with E-state index in [-0.39, 0.29) is 11.5 Å². The molecule has 0 radical (unpaired) electrons. The highest BCUT2D eigenvalue weighted by Gasteiger charge is 2.18. The molecule has 0 saturated heterocycles. The van der Waals surface area contributed by atoms with Crippen LogP contribution in [0.15, 0.2) is 30.4 Å². The van der Waals surface area contributed by atoms with Crippen molar-refractivity contribution in [2.45, 2.75) is 13.3 Å². The average Bonchev–Trinajstić information content (AvgIpc) is 2.29. The Hall–Kier alpha value is -1.64. The second-order valence-corrected chi connectivity index (χ2v) is 3.99. The fraction of sp³-hybridized carbons (Fsp3) is 0.308. The molecule has 1 amide bonds. The van der Waals surface area contributed by atoms with Crippen LogP contribution in [0.25, 0.3) is 0 Å². The van der Waals surface area contributed by atoms with Crippen LogP contribution in [0.3, 0.4) is 0 Å². The van der Waals surface area contributed by atoms with E-state index in [1.165, 1.54) is 6.07 Å². The van der Waals surface area contributed by atoms with Crippen molar-refractivity contribution in [3.05, 3.63) is 47.3 Å². The van der Waals surface area contributed by atoms with Crippen molar-refractivity contribution in [3.8, 4) is 0 Å². The number of hydrogen-bond donors (Lipinski definition) is 0. The molecule has 1 heterocycles. The average molecular weight is 219 g/mol. The maximum Gasteiger partial charge on any atom is 0.257 e. The lowest BCUT2D eigenvalue weighted by molar-refractivity contribution is 0.0766. The van der Waals surface area contributed by atoms with E-state index in [9.17, 15) is 9.18 Å².